The SMILES string of the molecule is C=CCO[C@@]12Oc3ccc(Oc4ccc(C)c(C)c4)cc3[C@H]3[C@H](CCCCO)[C@@H](CCCCO)C=C(C(=NOC(C)(C)C)C[C@@H]1N(C)C(=O)OCC(C)(C)C)[C@H]32. The molecule has 1 saturated carbocycles. The van der Waals surface area contributed by atoms with Gasteiger partial charge in [-0.2, -0.15) is 0 Å². The smallest absolute Gasteiger partial charge is 0.410 e. The highest BCUT2D eigenvalue weighted by atomic mass is 16.7. The van der Waals surface area contributed by atoms with Gasteiger partial charge in [0, 0.05) is 38.2 Å². The van der Waals surface area contributed by atoms with Crippen LogP contribution in [0, 0.1) is 37.0 Å². The van der Waals surface area contributed by atoms with Crippen molar-refractivity contribution in [2.75, 3.05) is 33.5 Å². The van der Waals surface area contributed by atoms with Crippen molar-refractivity contribution >= 4 is 11.8 Å². The molecule has 56 heavy (non-hydrogen) atoms. The third kappa shape index (κ3) is 9.98. The molecule has 2 aromatic carbocycles. The Kier molecular flexibility index (Phi) is 14.0. The molecule has 5 rings (SSSR count). The number of carbonyl (C=O) groups is 1. The summed E-state index contributed by atoms with van der Waals surface area (Å²) in [7, 11) is 1.75. The Hall–Kier alpha value is -3.86. The molecular formula is C46H66N2O8. The van der Waals surface area contributed by atoms with Gasteiger partial charge < -0.3 is 38.9 Å². The molecule has 1 aliphatic heterocycles. The van der Waals surface area contributed by atoms with Crippen LogP contribution < -0.4 is 9.47 Å². The summed E-state index contributed by atoms with van der Waals surface area (Å²) in [4.78, 5) is 21.8. The maximum atomic E-state index is 14.0. The molecule has 1 fully saturated rings. The number of unbranched alkanes of at least 4 members (excludes halogenated alkanes) is 2. The van der Waals surface area contributed by atoms with E-state index in [2.05, 4.69) is 38.6 Å². The molecular weight excluding hydrogens is 709 g/mol. The summed E-state index contributed by atoms with van der Waals surface area (Å²) < 4.78 is 26.7. The molecule has 0 bridgehead atoms. The Morgan fingerprint density at radius 1 is 0.982 bits per heavy atom. The van der Waals surface area contributed by atoms with E-state index >= 15 is 0 Å². The number of hydrogen-bond donors (Lipinski definition) is 2. The minimum atomic E-state index is -1.35. The molecule has 2 N–H and O–H groups in total. The average molecular weight is 775 g/mol. The Morgan fingerprint density at radius 2 is 1.66 bits per heavy atom. The average Bonchev–Trinajstić information content (AvgIpc) is 3.14. The predicted octanol–water partition coefficient (Wildman–Crippen LogP) is 9.64. The number of carbonyl (C=O) groups excluding carboxylic acids is 1. The molecule has 6 atom stereocenters. The van der Waals surface area contributed by atoms with E-state index in [1.165, 1.54) is 5.56 Å². The Labute approximate surface area is 334 Å². The number of fused-ring (bicyclic) bond motifs is 2. The lowest BCUT2D eigenvalue weighted by atomic mass is 9.55. The van der Waals surface area contributed by atoms with Crippen LogP contribution in [0.4, 0.5) is 4.79 Å². The van der Waals surface area contributed by atoms with E-state index < -0.39 is 29.4 Å². The second-order valence-corrected chi connectivity index (χ2v) is 18.1. The molecule has 1 amide bonds. The Balaban J connectivity index is 1.75. The van der Waals surface area contributed by atoms with Gasteiger partial charge in [0.2, 0.25) is 5.79 Å². The van der Waals surface area contributed by atoms with Crippen molar-refractivity contribution in [2.45, 2.75) is 124 Å². The topological polar surface area (TPSA) is 119 Å². The fraction of sp³-hybridized carbons (Fsp3) is 0.609. The van der Waals surface area contributed by atoms with E-state index in [4.69, 9.17) is 28.9 Å². The first-order chi connectivity index (χ1) is 26.5. The van der Waals surface area contributed by atoms with Crippen LogP contribution in [-0.2, 0) is 14.3 Å². The van der Waals surface area contributed by atoms with Crippen LogP contribution in [0.3, 0.4) is 0 Å². The van der Waals surface area contributed by atoms with Crippen LogP contribution in [0.1, 0.15) is 109 Å². The van der Waals surface area contributed by atoms with E-state index in [9.17, 15) is 15.0 Å². The van der Waals surface area contributed by atoms with Gasteiger partial charge in [-0.15, -0.1) is 6.58 Å². The molecule has 1 heterocycles. The standard InChI is InChI=1S/C46H66N2O8/c1-11-24-53-46-40(48(10)43(51)52-29-44(4,5)6)28-38(47-56-45(7,8)9)36-26-32(16-12-14-22-49)35(17-13-15-23-50)41(42(36)46)37-27-34(20-21-39(37)55-46)54-33-19-18-30(2)31(3)25-33/h11,18-21,25-27,32,35,40-42,49-50H,1,12-17,22-24,28-29H2,2-10H3/t32-,35+,40-,41+,42+,46+/m0/s1. The van der Waals surface area contributed by atoms with Gasteiger partial charge in [0.1, 0.15) is 28.9 Å². The van der Waals surface area contributed by atoms with Crippen molar-refractivity contribution in [1.29, 1.82) is 0 Å². The quantitative estimate of drug-likeness (QED) is 0.0984. The number of aliphatic hydroxyl groups is 2. The fourth-order valence-electron chi connectivity index (χ4n) is 8.40. The highest BCUT2D eigenvalue weighted by Crippen LogP contribution is 2.62. The van der Waals surface area contributed by atoms with Crippen LogP contribution >= 0.6 is 0 Å². The van der Waals surface area contributed by atoms with Crippen LogP contribution in [0.15, 0.2) is 65.9 Å². The summed E-state index contributed by atoms with van der Waals surface area (Å²) in [5.41, 5.74) is 4.26. The number of aryl methyl sites for hydroxylation is 2. The number of oxime groups is 1. The highest BCUT2D eigenvalue weighted by Gasteiger charge is 2.65. The largest absolute Gasteiger partial charge is 0.459 e. The molecule has 3 aliphatic rings. The normalized spacial score (nSPS) is 25.0. The summed E-state index contributed by atoms with van der Waals surface area (Å²) in [6, 6.07) is 11.4. The Bertz CT molecular complexity index is 1740. The molecule has 2 aromatic rings. The van der Waals surface area contributed by atoms with Crippen LogP contribution in [-0.4, -0.2) is 77.8 Å². The zero-order valence-corrected chi connectivity index (χ0v) is 35.2. The van der Waals surface area contributed by atoms with Gasteiger partial charge in [0.25, 0.3) is 0 Å². The fourth-order valence-corrected chi connectivity index (χ4v) is 8.40. The number of rotatable bonds is 16. The first-order valence-corrected chi connectivity index (χ1v) is 20.4. The van der Waals surface area contributed by atoms with Gasteiger partial charge in [-0.1, -0.05) is 57.0 Å². The van der Waals surface area contributed by atoms with Crippen molar-refractivity contribution in [3.63, 3.8) is 0 Å². The van der Waals surface area contributed by atoms with Gasteiger partial charge in [0.15, 0.2) is 0 Å². The molecule has 0 unspecified atom stereocenters. The number of aliphatic hydroxyl groups excluding tert-OH is 2. The zero-order chi connectivity index (χ0) is 40.8. The summed E-state index contributed by atoms with van der Waals surface area (Å²) in [5.74, 6) is 0.397. The van der Waals surface area contributed by atoms with Crippen molar-refractivity contribution in [3.05, 3.63) is 77.4 Å². The number of hydrogen-bond acceptors (Lipinski definition) is 9. The van der Waals surface area contributed by atoms with Crippen LogP contribution in [0.5, 0.6) is 17.2 Å². The molecule has 308 valence electrons. The molecule has 2 aliphatic carbocycles. The number of benzene rings is 2. The summed E-state index contributed by atoms with van der Waals surface area (Å²) in [6.07, 6.45) is 8.65. The van der Waals surface area contributed by atoms with E-state index in [-0.39, 0.29) is 49.6 Å². The van der Waals surface area contributed by atoms with E-state index in [1.54, 1.807) is 18.0 Å². The molecule has 0 aromatic heterocycles. The number of ether oxygens (including phenoxy) is 4. The first-order valence-electron chi connectivity index (χ1n) is 20.4. The predicted molar refractivity (Wildman–Crippen MR) is 220 cm³/mol. The van der Waals surface area contributed by atoms with Crippen molar-refractivity contribution < 1.29 is 38.8 Å². The monoisotopic (exact) mass is 774 g/mol. The highest BCUT2D eigenvalue weighted by molar-refractivity contribution is 6.03. The lowest BCUT2D eigenvalue weighted by Gasteiger charge is -2.59. The van der Waals surface area contributed by atoms with Crippen LogP contribution in [0.2, 0.25) is 0 Å². The molecule has 0 spiro atoms. The van der Waals surface area contributed by atoms with Gasteiger partial charge in [0.05, 0.1) is 24.8 Å². The Morgan fingerprint density at radius 3 is 2.30 bits per heavy atom. The second kappa shape index (κ2) is 18.2. The number of likely N-dealkylation sites (N-methyl/N-ethyl adjacent to an activating group) is 1. The number of nitrogens with zero attached hydrogens (tertiary/aromatic N) is 2. The first kappa shape index (κ1) is 43.3. The molecule has 10 nitrogen and oxygen atoms in total. The van der Waals surface area contributed by atoms with Gasteiger partial charge in [-0.05, 0) is 125 Å². The lowest BCUT2D eigenvalue weighted by Crippen LogP contribution is -2.69. The van der Waals surface area contributed by atoms with Crippen LogP contribution in [0.25, 0.3) is 0 Å². The van der Waals surface area contributed by atoms with Crippen molar-refractivity contribution in [3.8, 4) is 17.2 Å². The third-order valence-corrected chi connectivity index (χ3v) is 11.2. The molecule has 0 radical (unpaired) electrons. The van der Waals surface area contributed by atoms with E-state index in [1.807, 2.05) is 65.8 Å². The minimum Gasteiger partial charge on any atom is -0.459 e. The zero-order valence-electron chi connectivity index (χ0n) is 35.2. The molecule has 10 heteroatoms. The second-order valence-electron chi connectivity index (χ2n) is 18.1. The van der Waals surface area contributed by atoms with Gasteiger partial charge in [-0.3, -0.25) is 0 Å². The van der Waals surface area contributed by atoms with Gasteiger partial charge in [-0.25, -0.2) is 4.79 Å². The maximum Gasteiger partial charge on any atom is 0.410 e. The van der Waals surface area contributed by atoms with E-state index in [0.29, 0.717) is 30.8 Å². The number of amides is 1. The summed E-state index contributed by atoms with van der Waals surface area (Å²) >= 11 is 0. The number of allylic oxidation sites excluding steroid dienone is 1. The summed E-state index contributed by atoms with van der Waals surface area (Å²) in [5, 5.41) is 24.6. The summed E-state index contributed by atoms with van der Waals surface area (Å²) in [6.45, 7) is 20.8. The van der Waals surface area contributed by atoms with Gasteiger partial charge >= 0.3 is 6.09 Å². The lowest BCUT2D eigenvalue weighted by molar-refractivity contribution is -0.254. The van der Waals surface area contributed by atoms with E-state index in [0.717, 1.165) is 53.8 Å². The third-order valence-electron chi connectivity index (χ3n) is 11.2. The van der Waals surface area contributed by atoms with Crippen molar-refractivity contribution in [2.24, 2.45) is 28.3 Å². The minimum absolute atomic E-state index is 0.0990. The molecule has 0 saturated heterocycles. The maximum absolute atomic E-state index is 14.0. The van der Waals surface area contributed by atoms with Crippen molar-refractivity contribution in [1.82, 2.24) is 4.90 Å².